The van der Waals surface area contributed by atoms with E-state index in [4.69, 9.17) is 5.73 Å². The Morgan fingerprint density at radius 3 is 2.38 bits per heavy atom. The van der Waals surface area contributed by atoms with Crippen LogP contribution in [0, 0.1) is 5.82 Å². The summed E-state index contributed by atoms with van der Waals surface area (Å²) in [7, 11) is 1.98. The molecule has 2 aromatic carbocycles. The monoisotopic (exact) mass is 350 g/mol. The van der Waals surface area contributed by atoms with E-state index in [0.717, 1.165) is 17.7 Å². The van der Waals surface area contributed by atoms with Crippen LogP contribution in [0.25, 0.3) is 0 Å². The first-order valence-electron chi connectivity index (χ1n) is 7.03. The molecular weight excluding hydrogens is 331 g/mol. The molecule has 0 saturated heterocycles. The molecule has 0 radical (unpaired) electrons. The van der Waals surface area contributed by atoms with E-state index in [0.29, 0.717) is 11.0 Å². The van der Waals surface area contributed by atoms with Crippen molar-refractivity contribution in [1.29, 1.82) is 0 Å². The van der Waals surface area contributed by atoms with Crippen molar-refractivity contribution >= 4 is 21.6 Å². The standard InChI is InChI=1S/C17H20BrFN2/c1-3-12-4-7-14(8-5-12)21(2)17(11-20)13-6-9-15(18)16(19)10-13/h4-10,17H,3,11,20H2,1-2H3. The van der Waals surface area contributed by atoms with E-state index in [1.165, 1.54) is 5.56 Å². The molecule has 2 N–H and O–H groups in total. The zero-order chi connectivity index (χ0) is 15.4. The van der Waals surface area contributed by atoms with Crippen LogP contribution in [0.15, 0.2) is 46.9 Å². The third-order valence-electron chi connectivity index (χ3n) is 3.77. The normalized spacial score (nSPS) is 12.2. The van der Waals surface area contributed by atoms with E-state index in [1.807, 2.05) is 13.1 Å². The molecule has 0 fully saturated rings. The van der Waals surface area contributed by atoms with Crippen LogP contribution in [0.2, 0.25) is 0 Å². The predicted molar refractivity (Wildman–Crippen MR) is 90.1 cm³/mol. The fraction of sp³-hybridized carbons (Fsp3) is 0.294. The van der Waals surface area contributed by atoms with E-state index in [2.05, 4.69) is 52.0 Å². The summed E-state index contributed by atoms with van der Waals surface area (Å²) < 4.78 is 14.2. The summed E-state index contributed by atoms with van der Waals surface area (Å²) in [5.74, 6) is -0.263. The smallest absolute Gasteiger partial charge is 0.137 e. The van der Waals surface area contributed by atoms with Gasteiger partial charge in [-0.1, -0.05) is 25.1 Å². The Hall–Kier alpha value is -1.39. The summed E-state index contributed by atoms with van der Waals surface area (Å²) >= 11 is 3.18. The highest BCUT2D eigenvalue weighted by Gasteiger charge is 2.17. The lowest BCUT2D eigenvalue weighted by Crippen LogP contribution is -2.30. The Morgan fingerprint density at radius 2 is 1.86 bits per heavy atom. The first kappa shape index (κ1) is 16.0. The highest BCUT2D eigenvalue weighted by Crippen LogP contribution is 2.27. The van der Waals surface area contributed by atoms with Crippen molar-refractivity contribution in [2.45, 2.75) is 19.4 Å². The van der Waals surface area contributed by atoms with Gasteiger partial charge in [-0.25, -0.2) is 4.39 Å². The van der Waals surface area contributed by atoms with Gasteiger partial charge in [0.1, 0.15) is 5.82 Å². The van der Waals surface area contributed by atoms with Crippen LogP contribution < -0.4 is 10.6 Å². The number of nitrogens with zero attached hydrogens (tertiary/aromatic N) is 1. The number of hydrogen-bond acceptors (Lipinski definition) is 2. The van der Waals surface area contributed by atoms with Crippen LogP contribution in [0.3, 0.4) is 0 Å². The number of halogens is 2. The second-order valence-electron chi connectivity index (χ2n) is 5.06. The van der Waals surface area contributed by atoms with Crippen molar-refractivity contribution in [2.24, 2.45) is 5.73 Å². The van der Waals surface area contributed by atoms with Crippen LogP contribution >= 0.6 is 15.9 Å². The van der Waals surface area contributed by atoms with Crippen LogP contribution in [0.5, 0.6) is 0 Å². The average Bonchev–Trinajstić information content (AvgIpc) is 2.51. The Bertz CT molecular complexity index is 598. The molecule has 0 amide bonds. The molecule has 0 aromatic heterocycles. The lowest BCUT2D eigenvalue weighted by Gasteiger charge is -2.29. The van der Waals surface area contributed by atoms with E-state index in [9.17, 15) is 4.39 Å². The summed E-state index contributed by atoms with van der Waals surface area (Å²) in [5, 5.41) is 0. The maximum absolute atomic E-state index is 13.7. The van der Waals surface area contributed by atoms with Gasteiger partial charge in [0.15, 0.2) is 0 Å². The average molecular weight is 351 g/mol. The summed E-state index contributed by atoms with van der Waals surface area (Å²) in [4.78, 5) is 2.09. The zero-order valence-corrected chi connectivity index (χ0v) is 13.9. The van der Waals surface area contributed by atoms with Gasteiger partial charge in [-0.15, -0.1) is 0 Å². The van der Waals surface area contributed by atoms with Gasteiger partial charge in [0.25, 0.3) is 0 Å². The number of hydrogen-bond donors (Lipinski definition) is 1. The van der Waals surface area contributed by atoms with E-state index < -0.39 is 0 Å². The van der Waals surface area contributed by atoms with E-state index >= 15 is 0 Å². The molecule has 0 bridgehead atoms. The second kappa shape index (κ2) is 7.05. The number of aryl methyl sites for hydroxylation is 1. The first-order chi connectivity index (χ1) is 10.1. The van der Waals surface area contributed by atoms with Crippen molar-refractivity contribution in [3.05, 3.63) is 63.9 Å². The van der Waals surface area contributed by atoms with Crippen molar-refractivity contribution in [3.8, 4) is 0 Å². The lowest BCUT2D eigenvalue weighted by molar-refractivity contribution is 0.609. The van der Waals surface area contributed by atoms with E-state index in [-0.39, 0.29) is 11.9 Å². The van der Waals surface area contributed by atoms with Gasteiger partial charge >= 0.3 is 0 Å². The highest BCUT2D eigenvalue weighted by molar-refractivity contribution is 9.10. The summed E-state index contributed by atoms with van der Waals surface area (Å²) in [5.41, 5.74) is 9.16. The van der Waals surface area contributed by atoms with Crippen molar-refractivity contribution in [1.82, 2.24) is 0 Å². The maximum atomic E-state index is 13.7. The minimum Gasteiger partial charge on any atom is -0.366 e. The fourth-order valence-electron chi connectivity index (χ4n) is 2.38. The molecule has 4 heteroatoms. The molecule has 0 aliphatic carbocycles. The lowest BCUT2D eigenvalue weighted by atomic mass is 10.0. The topological polar surface area (TPSA) is 29.3 Å². The molecule has 0 heterocycles. The van der Waals surface area contributed by atoms with Crippen LogP contribution in [0.4, 0.5) is 10.1 Å². The van der Waals surface area contributed by atoms with Gasteiger partial charge in [0.05, 0.1) is 10.5 Å². The van der Waals surface area contributed by atoms with Crippen molar-refractivity contribution < 1.29 is 4.39 Å². The predicted octanol–water partition coefficient (Wildman–Crippen LogP) is 4.29. The number of rotatable bonds is 5. The third-order valence-corrected chi connectivity index (χ3v) is 4.41. The molecule has 0 spiro atoms. The number of benzene rings is 2. The molecular formula is C17H20BrFN2. The number of nitrogens with two attached hydrogens (primary N) is 1. The minimum absolute atomic E-state index is 0.0555. The Balaban J connectivity index is 2.28. The molecule has 0 aliphatic rings. The SMILES string of the molecule is CCc1ccc(N(C)C(CN)c2ccc(Br)c(F)c2)cc1. The maximum Gasteiger partial charge on any atom is 0.137 e. The molecule has 1 atom stereocenters. The quantitative estimate of drug-likeness (QED) is 0.871. The number of anilines is 1. The van der Waals surface area contributed by atoms with Gasteiger partial charge in [0.2, 0.25) is 0 Å². The van der Waals surface area contributed by atoms with Crippen LogP contribution in [0.1, 0.15) is 24.1 Å². The van der Waals surface area contributed by atoms with Gasteiger partial charge in [-0.3, -0.25) is 0 Å². The Morgan fingerprint density at radius 1 is 1.19 bits per heavy atom. The molecule has 2 aromatic rings. The Kier molecular flexibility index (Phi) is 5.37. The Labute approximate surface area is 133 Å². The van der Waals surface area contributed by atoms with Gasteiger partial charge in [-0.05, 0) is 57.7 Å². The molecule has 2 nitrogen and oxygen atoms in total. The van der Waals surface area contributed by atoms with Gasteiger partial charge in [-0.2, -0.15) is 0 Å². The number of likely N-dealkylation sites (N-methyl/N-ethyl adjacent to an activating group) is 1. The third kappa shape index (κ3) is 3.63. The van der Waals surface area contributed by atoms with Crippen LogP contribution in [-0.2, 0) is 6.42 Å². The minimum atomic E-state index is -0.263. The highest BCUT2D eigenvalue weighted by atomic mass is 79.9. The second-order valence-corrected chi connectivity index (χ2v) is 5.91. The molecule has 21 heavy (non-hydrogen) atoms. The molecule has 1 unspecified atom stereocenters. The molecule has 2 rings (SSSR count). The van der Waals surface area contributed by atoms with E-state index in [1.54, 1.807) is 12.1 Å². The van der Waals surface area contributed by atoms with Crippen molar-refractivity contribution in [2.75, 3.05) is 18.5 Å². The largest absolute Gasteiger partial charge is 0.366 e. The summed E-state index contributed by atoms with van der Waals surface area (Å²) in [6, 6.07) is 13.5. The van der Waals surface area contributed by atoms with Crippen LogP contribution in [-0.4, -0.2) is 13.6 Å². The summed E-state index contributed by atoms with van der Waals surface area (Å²) in [6.07, 6.45) is 1.02. The summed E-state index contributed by atoms with van der Waals surface area (Å²) in [6.45, 7) is 2.55. The van der Waals surface area contributed by atoms with Gasteiger partial charge in [0, 0.05) is 19.3 Å². The molecule has 0 aliphatic heterocycles. The zero-order valence-electron chi connectivity index (χ0n) is 12.3. The van der Waals surface area contributed by atoms with Crippen molar-refractivity contribution in [3.63, 3.8) is 0 Å². The molecule has 112 valence electrons. The van der Waals surface area contributed by atoms with Gasteiger partial charge < -0.3 is 10.6 Å². The fourth-order valence-corrected chi connectivity index (χ4v) is 2.63. The first-order valence-corrected chi connectivity index (χ1v) is 7.83. The molecule has 0 saturated carbocycles.